The lowest BCUT2D eigenvalue weighted by molar-refractivity contribution is -0.293. The van der Waals surface area contributed by atoms with E-state index in [2.05, 4.69) is 15.8 Å². The van der Waals surface area contributed by atoms with Gasteiger partial charge in [-0.3, -0.25) is 5.43 Å². The normalized spacial score (nSPS) is 9.87. The van der Waals surface area contributed by atoms with Crippen molar-refractivity contribution in [1.29, 1.82) is 0 Å². The first kappa shape index (κ1) is 11.1. The monoisotopic (exact) mass is 222 g/mol. The van der Waals surface area contributed by atoms with Gasteiger partial charge in [-0.1, -0.05) is 18.2 Å². The van der Waals surface area contributed by atoms with Crippen molar-refractivity contribution in [2.45, 2.75) is 0 Å². The van der Waals surface area contributed by atoms with Gasteiger partial charge >= 0.3 is 0 Å². The van der Waals surface area contributed by atoms with Gasteiger partial charge in [0.1, 0.15) is 0 Å². The van der Waals surface area contributed by atoms with Crippen LogP contribution < -0.4 is 15.8 Å². The molecule has 1 aromatic rings. The van der Waals surface area contributed by atoms with E-state index in [1.54, 1.807) is 0 Å². The molecule has 1 aromatic carbocycles. The van der Waals surface area contributed by atoms with Crippen LogP contribution in [0.5, 0.6) is 0 Å². The van der Waals surface area contributed by atoms with Crippen molar-refractivity contribution < 1.29 is 9.90 Å². The van der Waals surface area contributed by atoms with Gasteiger partial charge in [0, 0.05) is 5.69 Å². The number of carbonyl (C=O) groups is 1. The molecule has 78 valence electrons. The quantitative estimate of drug-likeness (QED) is 0.417. The number of nitrogens with zero attached hydrogens (tertiary/aromatic N) is 1. The summed E-state index contributed by atoms with van der Waals surface area (Å²) in [6.45, 7) is 0. The second-order valence-electron chi connectivity index (χ2n) is 2.51. The van der Waals surface area contributed by atoms with Gasteiger partial charge in [-0.05, 0) is 24.4 Å². The van der Waals surface area contributed by atoms with E-state index in [-0.39, 0.29) is 5.11 Å². The molecule has 5 nitrogen and oxygen atoms in total. The summed E-state index contributed by atoms with van der Waals surface area (Å²) in [6, 6.07) is 9.19. The highest BCUT2D eigenvalue weighted by molar-refractivity contribution is 7.80. The predicted octanol–water partition coefficient (Wildman–Crippen LogP) is -0.291. The lowest BCUT2D eigenvalue weighted by atomic mass is 10.3. The fraction of sp³-hybridized carbons (Fsp3) is 0. The smallest absolute Gasteiger partial charge is 0.191 e. The molecule has 15 heavy (non-hydrogen) atoms. The largest absolute Gasteiger partial charge is 0.544 e. The number of carbonyl (C=O) groups excluding carboxylic acids is 1. The fourth-order valence-corrected chi connectivity index (χ4v) is 0.995. The third-order valence-electron chi connectivity index (χ3n) is 1.37. The summed E-state index contributed by atoms with van der Waals surface area (Å²) >= 11 is 4.84. The number of carboxylic acids is 1. The van der Waals surface area contributed by atoms with Gasteiger partial charge < -0.3 is 15.2 Å². The molecule has 0 aliphatic carbocycles. The van der Waals surface area contributed by atoms with Crippen LogP contribution in [0.1, 0.15) is 0 Å². The molecule has 0 unspecified atom stereocenters. The van der Waals surface area contributed by atoms with E-state index in [9.17, 15) is 9.90 Å². The molecule has 0 atom stereocenters. The number of hydrazone groups is 1. The zero-order valence-electron chi connectivity index (χ0n) is 7.64. The summed E-state index contributed by atoms with van der Waals surface area (Å²) in [7, 11) is 0. The van der Waals surface area contributed by atoms with Gasteiger partial charge in [0.15, 0.2) is 5.11 Å². The molecule has 0 fully saturated rings. The van der Waals surface area contributed by atoms with E-state index < -0.39 is 5.97 Å². The number of benzene rings is 1. The standard InChI is InChI=1S/C9H9N3O2S/c13-8(14)6-10-12-9(15)11-7-4-2-1-3-5-7/h1-6H,(H,13,14)(H2,11,12,15)/p-1/b10-6-. The SMILES string of the molecule is O=C([O-])/C=N\NC(=S)Nc1ccccc1. The van der Waals surface area contributed by atoms with Crippen LogP contribution in [0.2, 0.25) is 0 Å². The summed E-state index contributed by atoms with van der Waals surface area (Å²) < 4.78 is 0. The summed E-state index contributed by atoms with van der Waals surface area (Å²) in [4.78, 5) is 9.98. The number of carboxylic acid groups (broad SMARTS) is 1. The van der Waals surface area contributed by atoms with Crippen LogP contribution in [-0.4, -0.2) is 17.3 Å². The van der Waals surface area contributed by atoms with Crippen LogP contribution >= 0.6 is 12.2 Å². The second kappa shape index (κ2) is 5.71. The Kier molecular flexibility index (Phi) is 4.24. The van der Waals surface area contributed by atoms with E-state index in [4.69, 9.17) is 12.2 Å². The van der Waals surface area contributed by atoms with Gasteiger partial charge in [0.05, 0.1) is 12.2 Å². The van der Waals surface area contributed by atoms with Gasteiger partial charge in [0.2, 0.25) is 0 Å². The maximum atomic E-state index is 9.98. The Morgan fingerprint density at radius 3 is 2.67 bits per heavy atom. The number of rotatable bonds is 3. The van der Waals surface area contributed by atoms with Crippen molar-refractivity contribution in [2.24, 2.45) is 5.10 Å². The molecule has 2 N–H and O–H groups in total. The van der Waals surface area contributed by atoms with Gasteiger partial charge in [-0.25, -0.2) is 0 Å². The summed E-state index contributed by atoms with van der Waals surface area (Å²) in [6.07, 6.45) is 0.610. The topological polar surface area (TPSA) is 76.5 Å². The third kappa shape index (κ3) is 4.72. The van der Waals surface area contributed by atoms with E-state index in [0.717, 1.165) is 5.69 Å². The summed E-state index contributed by atoms with van der Waals surface area (Å²) in [5, 5.41) is 16.3. The molecule has 0 bridgehead atoms. The highest BCUT2D eigenvalue weighted by Gasteiger charge is 1.93. The Hall–Kier alpha value is -1.95. The average Bonchev–Trinajstić information content (AvgIpc) is 2.18. The molecule has 0 saturated heterocycles. The number of anilines is 1. The molecule has 0 aromatic heterocycles. The minimum absolute atomic E-state index is 0.207. The zero-order chi connectivity index (χ0) is 11.1. The number of aliphatic carboxylic acids is 1. The van der Waals surface area contributed by atoms with Crippen LogP contribution in [-0.2, 0) is 4.79 Å². The molecule has 0 aliphatic rings. The number of thiocarbonyl (C=S) groups is 1. The summed E-state index contributed by atoms with van der Waals surface area (Å²) in [5.74, 6) is -1.38. The fourth-order valence-electron chi connectivity index (χ4n) is 0.824. The van der Waals surface area contributed by atoms with Crippen molar-refractivity contribution in [1.82, 2.24) is 5.43 Å². The Bertz CT molecular complexity index is 378. The van der Waals surface area contributed by atoms with E-state index in [1.807, 2.05) is 30.3 Å². The number of hydrogen-bond acceptors (Lipinski definition) is 4. The minimum Gasteiger partial charge on any atom is -0.544 e. The zero-order valence-corrected chi connectivity index (χ0v) is 8.45. The molecule has 0 aliphatic heterocycles. The Morgan fingerprint density at radius 1 is 1.40 bits per heavy atom. The van der Waals surface area contributed by atoms with Crippen molar-refractivity contribution >= 4 is 35.2 Å². The predicted molar refractivity (Wildman–Crippen MR) is 59.3 cm³/mol. The van der Waals surface area contributed by atoms with Gasteiger partial charge in [0.25, 0.3) is 0 Å². The number of hydrogen-bond donors (Lipinski definition) is 2. The molecule has 0 radical (unpaired) electrons. The first-order valence-corrected chi connectivity index (χ1v) is 4.45. The van der Waals surface area contributed by atoms with Crippen LogP contribution in [0.15, 0.2) is 35.4 Å². The highest BCUT2D eigenvalue weighted by atomic mass is 32.1. The van der Waals surface area contributed by atoms with Crippen molar-refractivity contribution in [3.05, 3.63) is 30.3 Å². The molecule has 1 rings (SSSR count). The molecular formula is C9H8N3O2S-. The highest BCUT2D eigenvalue weighted by Crippen LogP contribution is 2.03. The average molecular weight is 222 g/mol. The van der Waals surface area contributed by atoms with Crippen molar-refractivity contribution in [3.8, 4) is 0 Å². The Morgan fingerprint density at radius 2 is 2.07 bits per heavy atom. The van der Waals surface area contributed by atoms with E-state index >= 15 is 0 Å². The molecule has 0 saturated carbocycles. The molecule has 0 amide bonds. The number of nitrogens with one attached hydrogen (secondary N) is 2. The van der Waals surface area contributed by atoms with Crippen molar-refractivity contribution in [3.63, 3.8) is 0 Å². The van der Waals surface area contributed by atoms with Crippen LogP contribution in [0.3, 0.4) is 0 Å². The number of para-hydroxylation sites is 1. The molecular weight excluding hydrogens is 214 g/mol. The van der Waals surface area contributed by atoms with Gasteiger partial charge in [-0.15, -0.1) is 0 Å². The lowest BCUT2D eigenvalue weighted by Crippen LogP contribution is -2.28. The Balaban J connectivity index is 2.40. The van der Waals surface area contributed by atoms with E-state index in [0.29, 0.717) is 6.21 Å². The lowest BCUT2D eigenvalue weighted by Gasteiger charge is -2.05. The molecule has 6 heteroatoms. The molecule has 0 spiro atoms. The van der Waals surface area contributed by atoms with E-state index in [1.165, 1.54) is 0 Å². The van der Waals surface area contributed by atoms with Crippen LogP contribution in [0, 0.1) is 0 Å². The summed E-state index contributed by atoms with van der Waals surface area (Å²) in [5.41, 5.74) is 3.12. The maximum Gasteiger partial charge on any atom is 0.191 e. The van der Waals surface area contributed by atoms with Crippen LogP contribution in [0.25, 0.3) is 0 Å². The first-order valence-electron chi connectivity index (χ1n) is 4.04. The minimum atomic E-state index is -1.38. The van der Waals surface area contributed by atoms with Crippen LogP contribution in [0.4, 0.5) is 5.69 Å². The molecule has 0 heterocycles. The second-order valence-corrected chi connectivity index (χ2v) is 2.92. The van der Waals surface area contributed by atoms with Crippen molar-refractivity contribution in [2.75, 3.05) is 5.32 Å². The first-order chi connectivity index (χ1) is 7.18. The van der Waals surface area contributed by atoms with Gasteiger partial charge in [-0.2, -0.15) is 5.10 Å². The maximum absolute atomic E-state index is 9.98. The Labute approximate surface area is 91.8 Å². The third-order valence-corrected chi connectivity index (χ3v) is 1.56.